The van der Waals surface area contributed by atoms with Gasteiger partial charge in [-0.25, -0.2) is 0 Å². The zero-order chi connectivity index (χ0) is 16.4. The summed E-state index contributed by atoms with van der Waals surface area (Å²) in [4.78, 5) is 12.8. The van der Waals surface area contributed by atoms with E-state index in [9.17, 15) is 4.79 Å². The van der Waals surface area contributed by atoms with E-state index in [1.54, 1.807) is 4.68 Å². The van der Waals surface area contributed by atoms with E-state index in [1.165, 1.54) is 23.7 Å². The van der Waals surface area contributed by atoms with Gasteiger partial charge >= 0.3 is 0 Å². The Bertz CT molecular complexity index is 895. The molecule has 0 fully saturated rings. The van der Waals surface area contributed by atoms with Crippen molar-refractivity contribution in [2.45, 2.75) is 39.2 Å². The minimum atomic E-state index is 0.0832. The van der Waals surface area contributed by atoms with Crippen molar-refractivity contribution >= 4 is 44.5 Å². The summed E-state index contributed by atoms with van der Waals surface area (Å²) in [5.74, 6) is 0. The molecular formula is C18H22IN3O. The number of nitrogens with zero attached hydrogens (tertiary/aromatic N) is 3. The summed E-state index contributed by atoms with van der Waals surface area (Å²) in [5, 5.41) is 5.11. The normalized spacial score (nSPS) is 11.6. The topological polar surface area (TPSA) is 39.8 Å². The third-order valence-electron chi connectivity index (χ3n) is 4.38. The molecule has 4 nitrogen and oxygen atoms in total. The van der Waals surface area contributed by atoms with Gasteiger partial charge in [-0.15, -0.1) is 0 Å². The summed E-state index contributed by atoms with van der Waals surface area (Å²) in [6, 6.07) is 6.15. The van der Waals surface area contributed by atoms with Gasteiger partial charge in [-0.2, -0.15) is 5.10 Å². The maximum absolute atomic E-state index is 12.8. The first-order valence-electron chi connectivity index (χ1n) is 8.14. The van der Waals surface area contributed by atoms with Gasteiger partial charge in [0, 0.05) is 19.0 Å². The molecule has 5 heteroatoms. The fraction of sp³-hybridized carbons (Fsp3) is 0.444. The van der Waals surface area contributed by atoms with Crippen molar-refractivity contribution in [3.8, 4) is 0 Å². The molecule has 2 aromatic heterocycles. The SMILES string of the molecule is Cc1ccc2c(c1)c(=O)c1c(cnn1C)n2CCCCCCI. The summed E-state index contributed by atoms with van der Waals surface area (Å²) in [7, 11) is 1.84. The number of benzene rings is 1. The molecule has 0 aliphatic carbocycles. The van der Waals surface area contributed by atoms with E-state index in [1.807, 2.05) is 26.2 Å². The zero-order valence-corrected chi connectivity index (χ0v) is 15.8. The van der Waals surface area contributed by atoms with Crippen molar-refractivity contribution in [1.82, 2.24) is 14.3 Å². The Morgan fingerprint density at radius 3 is 2.70 bits per heavy atom. The standard InChI is InChI=1S/C18H22IN3O/c1-13-7-8-15-14(11-13)18(23)17-16(12-20-21(17)2)22(15)10-6-4-3-5-9-19/h7-8,11-12H,3-6,9-10H2,1-2H3. The Morgan fingerprint density at radius 2 is 1.91 bits per heavy atom. The van der Waals surface area contributed by atoms with Crippen LogP contribution in [-0.4, -0.2) is 18.8 Å². The Hall–Kier alpha value is -1.37. The van der Waals surface area contributed by atoms with E-state index >= 15 is 0 Å². The molecule has 0 bridgehead atoms. The molecule has 0 aliphatic rings. The number of pyridine rings is 1. The highest BCUT2D eigenvalue weighted by Gasteiger charge is 2.14. The van der Waals surface area contributed by atoms with E-state index in [0.29, 0.717) is 5.52 Å². The average Bonchev–Trinajstić information content (AvgIpc) is 2.92. The summed E-state index contributed by atoms with van der Waals surface area (Å²) in [6.45, 7) is 2.96. The minimum Gasteiger partial charge on any atom is -0.338 e. The van der Waals surface area contributed by atoms with Crippen molar-refractivity contribution in [3.63, 3.8) is 0 Å². The molecule has 3 rings (SSSR count). The number of rotatable bonds is 6. The van der Waals surface area contributed by atoms with Crippen LogP contribution < -0.4 is 5.43 Å². The molecule has 0 amide bonds. The smallest absolute Gasteiger partial charge is 0.215 e. The maximum Gasteiger partial charge on any atom is 0.215 e. The first-order valence-corrected chi connectivity index (χ1v) is 9.67. The molecular weight excluding hydrogens is 401 g/mol. The van der Waals surface area contributed by atoms with Gasteiger partial charge in [-0.05, 0) is 36.3 Å². The summed E-state index contributed by atoms with van der Waals surface area (Å²) in [5.41, 5.74) is 3.87. The van der Waals surface area contributed by atoms with Crippen LogP contribution in [0.2, 0.25) is 0 Å². The second-order valence-electron chi connectivity index (χ2n) is 6.11. The van der Waals surface area contributed by atoms with E-state index in [2.05, 4.69) is 44.4 Å². The fourth-order valence-corrected chi connectivity index (χ4v) is 3.71. The van der Waals surface area contributed by atoms with Gasteiger partial charge in [-0.1, -0.05) is 47.1 Å². The lowest BCUT2D eigenvalue weighted by molar-refractivity contribution is 0.604. The molecule has 0 saturated heterocycles. The molecule has 0 spiro atoms. The highest BCUT2D eigenvalue weighted by Crippen LogP contribution is 2.21. The third-order valence-corrected chi connectivity index (χ3v) is 5.14. The number of aryl methyl sites for hydroxylation is 3. The molecule has 0 radical (unpaired) electrons. The van der Waals surface area contributed by atoms with Crippen LogP contribution in [0.15, 0.2) is 29.2 Å². The van der Waals surface area contributed by atoms with Crippen LogP contribution in [0.3, 0.4) is 0 Å². The number of aromatic nitrogens is 3. The molecule has 2 heterocycles. The van der Waals surface area contributed by atoms with Crippen molar-refractivity contribution in [1.29, 1.82) is 0 Å². The second kappa shape index (κ2) is 7.03. The Morgan fingerprint density at radius 1 is 1.13 bits per heavy atom. The van der Waals surface area contributed by atoms with Crippen molar-refractivity contribution in [2.24, 2.45) is 7.05 Å². The average molecular weight is 423 g/mol. The van der Waals surface area contributed by atoms with Crippen LogP contribution in [-0.2, 0) is 13.6 Å². The lowest BCUT2D eigenvalue weighted by Gasteiger charge is -2.13. The van der Waals surface area contributed by atoms with Gasteiger partial charge in [0.15, 0.2) is 0 Å². The molecule has 3 aromatic rings. The molecule has 0 atom stereocenters. The largest absolute Gasteiger partial charge is 0.338 e. The molecule has 122 valence electrons. The van der Waals surface area contributed by atoms with Crippen LogP contribution in [0, 0.1) is 6.92 Å². The predicted molar refractivity (Wildman–Crippen MR) is 105 cm³/mol. The third kappa shape index (κ3) is 3.16. The first kappa shape index (κ1) is 16.5. The molecule has 0 N–H and O–H groups in total. The number of hydrogen-bond donors (Lipinski definition) is 0. The first-order chi connectivity index (χ1) is 11.1. The number of unbranched alkanes of at least 4 members (excludes halogenated alkanes) is 3. The molecule has 0 aliphatic heterocycles. The fourth-order valence-electron chi connectivity index (χ4n) is 3.17. The quantitative estimate of drug-likeness (QED) is 0.339. The Kier molecular flexibility index (Phi) is 5.04. The van der Waals surface area contributed by atoms with Crippen LogP contribution in [0.5, 0.6) is 0 Å². The maximum atomic E-state index is 12.8. The van der Waals surface area contributed by atoms with Gasteiger partial charge < -0.3 is 4.57 Å². The Labute approximate surface area is 149 Å². The lowest BCUT2D eigenvalue weighted by atomic mass is 10.1. The number of hydrogen-bond acceptors (Lipinski definition) is 2. The van der Waals surface area contributed by atoms with Crippen LogP contribution >= 0.6 is 22.6 Å². The van der Waals surface area contributed by atoms with Gasteiger partial charge in [0.1, 0.15) is 5.52 Å². The molecule has 1 aromatic carbocycles. The lowest BCUT2D eigenvalue weighted by Crippen LogP contribution is -2.13. The number of alkyl halides is 1. The second-order valence-corrected chi connectivity index (χ2v) is 7.19. The van der Waals surface area contributed by atoms with E-state index in [-0.39, 0.29) is 5.43 Å². The van der Waals surface area contributed by atoms with E-state index < -0.39 is 0 Å². The van der Waals surface area contributed by atoms with Crippen LogP contribution in [0.25, 0.3) is 21.9 Å². The minimum absolute atomic E-state index is 0.0832. The van der Waals surface area contributed by atoms with Crippen molar-refractivity contribution in [3.05, 3.63) is 40.2 Å². The van der Waals surface area contributed by atoms with Gasteiger partial charge in [0.2, 0.25) is 5.43 Å². The summed E-state index contributed by atoms with van der Waals surface area (Å²) in [6.07, 6.45) is 6.74. The van der Waals surface area contributed by atoms with Gasteiger partial charge in [-0.3, -0.25) is 9.48 Å². The highest BCUT2D eigenvalue weighted by molar-refractivity contribution is 14.1. The van der Waals surface area contributed by atoms with E-state index in [0.717, 1.165) is 34.9 Å². The Balaban J connectivity index is 2.09. The van der Waals surface area contributed by atoms with Crippen molar-refractivity contribution < 1.29 is 0 Å². The highest BCUT2D eigenvalue weighted by atomic mass is 127. The van der Waals surface area contributed by atoms with Crippen LogP contribution in [0.1, 0.15) is 31.2 Å². The molecule has 0 saturated carbocycles. The van der Waals surface area contributed by atoms with Gasteiger partial charge in [0.05, 0.1) is 17.2 Å². The monoisotopic (exact) mass is 423 g/mol. The number of halogens is 1. The summed E-state index contributed by atoms with van der Waals surface area (Å²) < 4.78 is 5.19. The number of fused-ring (bicyclic) bond motifs is 2. The van der Waals surface area contributed by atoms with Crippen LogP contribution in [0.4, 0.5) is 0 Å². The molecule has 0 unspecified atom stereocenters. The predicted octanol–water partition coefficient (Wildman–Crippen LogP) is 4.19. The molecule has 23 heavy (non-hydrogen) atoms. The zero-order valence-electron chi connectivity index (χ0n) is 13.7. The van der Waals surface area contributed by atoms with Gasteiger partial charge in [0.25, 0.3) is 0 Å². The summed E-state index contributed by atoms with van der Waals surface area (Å²) >= 11 is 2.43. The van der Waals surface area contributed by atoms with Crippen molar-refractivity contribution in [2.75, 3.05) is 4.43 Å². The van der Waals surface area contributed by atoms with E-state index in [4.69, 9.17) is 0 Å².